The molecule has 0 bridgehead atoms. The molecule has 3 unspecified atom stereocenters. The summed E-state index contributed by atoms with van der Waals surface area (Å²) in [7, 11) is 1.26. The molecule has 3 atom stereocenters. The van der Waals surface area contributed by atoms with E-state index in [2.05, 4.69) is 0 Å². The van der Waals surface area contributed by atoms with Crippen molar-refractivity contribution in [1.82, 2.24) is 0 Å². The van der Waals surface area contributed by atoms with Gasteiger partial charge in [-0.2, -0.15) is 0 Å². The average molecular weight is 566 g/mol. The number of nitrogens with zero attached hydrogens (tertiary/aromatic N) is 2. The molecule has 5 rings (SSSR count). The fraction of sp³-hybridized carbons (Fsp3) is 0.240. The second-order valence-corrected chi connectivity index (χ2v) is 10.9. The Morgan fingerprint density at radius 2 is 1.67 bits per heavy atom. The number of imide groups is 1. The summed E-state index contributed by atoms with van der Waals surface area (Å²) in [6, 6.07) is 11.0. The van der Waals surface area contributed by atoms with E-state index >= 15 is 0 Å². The molecule has 0 spiro atoms. The van der Waals surface area contributed by atoms with Gasteiger partial charge >= 0.3 is 5.97 Å². The SMILES string of the molecule is COC(=O)c1c(N2C(=O)C3ON(c4ccc(Cl)cc4)C(c4ccc(Cl)cc4Cl)C3C2=O)sc(C)c1C. The van der Waals surface area contributed by atoms with Crippen molar-refractivity contribution >= 4 is 74.6 Å². The van der Waals surface area contributed by atoms with Crippen molar-refractivity contribution in [3.8, 4) is 0 Å². The molecule has 7 nitrogen and oxygen atoms in total. The number of rotatable bonds is 4. The predicted octanol–water partition coefficient (Wildman–Crippen LogP) is 6.16. The summed E-state index contributed by atoms with van der Waals surface area (Å²) in [5.74, 6) is -2.61. The number of fused-ring (bicyclic) bond motifs is 1. The first kappa shape index (κ1) is 25.0. The van der Waals surface area contributed by atoms with Crippen molar-refractivity contribution in [2.24, 2.45) is 5.92 Å². The number of hydroxylamine groups is 1. The Labute approximate surface area is 226 Å². The molecule has 2 aliphatic heterocycles. The fourth-order valence-electron chi connectivity index (χ4n) is 4.59. The van der Waals surface area contributed by atoms with E-state index in [1.165, 1.54) is 23.5 Å². The second-order valence-electron chi connectivity index (χ2n) is 8.43. The van der Waals surface area contributed by atoms with Gasteiger partial charge in [0.1, 0.15) is 10.9 Å². The molecule has 3 heterocycles. The van der Waals surface area contributed by atoms with Crippen molar-refractivity contribution in [1.29, 1.82) is 0 Å². The van der Waals surface area contributed by atoms with Crippen molar-refractivity contribution in [2.75, 3.05) is 17.1 Å². The Hall–Kier alpha value is -2.62. The number of hydrogen-bond donors (Lipinski definition) is 0. The fourth-order valence-corrected chi connectivity index (χ4v) is 6.39. The average Bonchev–Trinajstić information content (AvgIpc) is 3.44. The van der Waals surface area contributed by atoms with Gasteiger partial charge in [-0.15, -0.1) is 11.3 Å². The van der Waals surface area contributed by atoms with Crippen LogP contribution in [0.25, 0.3) is 0 Å². The zero-order valence-electron chi connectivity index (χ0n) is 19.3. The molecule has 0 saturated carbocycles. The summed E-state index contributed by atoms with van der Waals surface area (Å²) in [6.45, 7) is 3.57. The van der Waals surface area contributed by atoms with Crippen LogP contribution in [0.4, 0.5) is 10.7 Å². The first-order valence-corrected chi connectivity index (χ1v) is 12.8. The highest BCUT2D eigenvalue weighted by Crippen LogP contribution is 2.51. The standard InChI is InChI=1S/C25H19Cl3N2O5S/c1-11-12(2)36-24(18(11)25(33)34-3)29-22(31)19-20(16-9-6-14(27)10-17(16)28)30(35-21(19)23(29)32)15-7-4-13(26)5-8-15/h4-10,19-21H,1-3H3. The van der Waals surface area contributed by atoms with Gasteiger partial charge in [0.15, 0.2) is 6.10 Å². The molecule has 2 fully saturated rings. The van der Waals surface area contributed by atoms with E-state index in [-0.39, 0.29) is 10.6 Å². The van der Waals surface area contributed by atoms with Crippen LogP contribution in [0.15, 0.2) is 42.5 Å². The van der Waals surface area contributed by atoms with Crippen LogP contribution in [0.5, 0.6) is 0 Å². The summed E-state index contributed by atoms with van der Waals surface area (Å²) in [5.41, 5.74) is 2.01. The molecular weight excluding hydrogens is 547 g/mol. The van der Waals surface area contributed by atoms with Crippen molar-refractivity contribution in [2.45, 2.75) is 26.0 Å². The van der Waals surface area contributed by atoms with Gasteiger partial charge in [0.05, 0.1) is 24.4 Å². The molecule has 11 heteroatoms. The number of carbonyl (C=O) groups is 3. The van der Waals surface area contributed by atoms with Crippen LogP contribution >= 0.6 is 46.1 Å². The number of aryl methyl sites for hydroxylation is 1. The number of benzene rings is 2. The van der Waals surface area contributed by atoms with Gasteiger partial charge in [0, 0.05) is 19.9 Å². The van der Waals surface area contributed by atoms with E-state index in [4.69, 9.17) is 44.4 Å². The first-order valence-electron chi connectivity index (χ1n) is 10.9. The monoisotopic (exact) mass is 564 g/mol. The summed E-state index contributed by atoms with van der Waals surface area (Å²) < 4.78 is 4.94. The lowest BCUT2D eigenvalue weighted by atomic mass is 9.90. The van der Waals surface area contributed by atoms with Gasteiger partial charge in [-0.1, -0.05) is 40.9 Å². The van der Waals surface area contributed by atoms with Gasteiger partial charge in [-0.25, -0.2) is 14.8 Å². The molecule has 0 radical (unpaired) electrons. The van der Waals surface area contributed by atoms with Gasteiger partial charge in [-0.05, 0) is 61.4 Å². The number of hydrogen-bond acceptors (Lipinski definition) is 7. The third-order valence-electron chi connectivity index (χ3n) is 6.44. The molecule has 2 aromatic carbocycles. The number of thiophene rings is 1. The summed E-state index contributed by atoms with van der Waals surface area (Å²) >= 11 is 19.9. The minimum Gasteiger partial charge on any atom is -0.465 e. The van der Waals surface area contributed by atoms with Crippen LogP contribution in [-0.2, 0) is 19.2 Å². The Bertz CT molecular complexity index is 1410. The second kappa shape index (κ2) is 9.36. The van der Waals surface area contributed by atoms with Crippen LogP contribution in [-0.4, -0.2) is 31.0 Å². The van der Waals surface area contributed by atoms with Gasteiger partial charge < -0.3 is 4.74 Å². The molecule has 0 N–H and O–H groups in total. The zero-order valence-corrected chi connectivity index (χ0v) is 22.3. The van der Waals surface area contributed by atoms with E-state index in [9.17, 15) is 14.4 Å². The van der Waals surface area contributed by atoms with Gasteiger partial charge in [0.2, 0.25) is 5.91 Å². The molecule has 2 amide bonds. The minimum absolute atomic E-state index is 0.192. The molecule has 2 aliphatic rings. The number of ether oxygens (including phenoxy) is 1. The van der Waals surface area contributed by atoms with E-state index in [0.29, 0.717) is 31.9 Å². The van der Waals surface area contributed by atoms with Crippen LogP contribution in [0, 0.1) is 19.8 Å². The zero-order chi connectivity index (χ0) is 25.9. The maximum Gasteiger partial charge on any atom is 0.341 e. The number of carbonyl (C=O) groups excluding carboxylic acids is 3. The first-order chi connectivity index (χ1) is 17.1. The van der Waals surface area contributed by atoms with Gasteiger partial charge in [0.25, 0.3) is 5.91 Å². The van der Waals surface area contributed by atoms with Crippen LogP contribution in [0.3, 0.4) is 0 Å². The number of anilines is 2. The smallest absolute Gasteiger partial charge is 0.341 e. The van der Waals surface area contributed by atoms with E-state index in [1.807, 2.05) is 6.92 Å². The number of esters is 1. The third-order valence-corrected chi connectivity index (χ3v) is 8.44. The number of amides is 2. The lowest BCUT2D eigenvalue weighted by Crippen LogP contribution is -2.37. The molecule has 186 valence electrons. The highest BCUT2D eigenvalue weighted by molar-refractivity contribution is 7.17. The van der Waals surface area contributed by atoms with Crippen molar-refractivity contribution < 1.29 is 24.0 Å². The largest absolute Gasteiger partial charge is 0.465 e. The summed E-state index contributed by atoms with van der Waals surface area (Å²) in [5, 5.41) is 3.02. The topological polar surface area (TPSA) is 76.2 Å². The Morgan fingerprint density at radius 1 is 1.00 bits per heavy atom. The molecule has 36 heavy (non-hydrogen) atoms. The Morgan fingerprint density at radius 3 is 2.31 bits per heavy atom. The van der Waals surface area contributed by atoms with E-state index < -0.39 is 35.8 Å². The number of methoxy groups -OCH3 is 1. The summed E-state index contributed by atoms with van der Waals surface area (Å²) in [6.07, 6.45) is -1.13. The minimum atomic E-state index is -1.13. The molecular formula is C25H19Cl3N2O5S. The van der Waals surface area contributed by atoms with Crippen molar-refractivity contribution in [3.05, 3.63) is 79.1 Å². The van der Waals surface area contributed by atoms with Crippen LogP contribution in [0.2, 0.25) is 15.1 Å². The maximum atomic E-state index is 13.9. The Kier molecular flexibility index (Phi) is 6.51. The maximum absolute atomic E-state index is 13.9. The Balaban J connectivity index is 1.63. The number of halogens is 3. The predicted molar refractivity (Wildman–Crippen MR) is 139 cm³/mol. The van der Waals surface area contributed by atoms with Crippen LogP contribution in [0.1, 0.15) is 32.4 Å². The molecule has 3 aromatic rings. The van der Waals surface area contributed by atoms with Crippen LogP contribution < -0.4 is 9.96 Å². The highest BCUT2D eigenvalue weighted by Gasteiger charge is 2.61. The quantitative estimate of drug-likeness (QED) is 0.278. The molecule has 2 saturated heterocycles. The highest BCUT2D eigenvalue weighted by atomic mass is 35.5. The summed E-state index contributed by atoms with van der Waals surface area (Å²) in [4.78, 5) is 48.1. The van der Waals surface area contributed by atoms with Gasteiger partial charge in [-0.3, -0.25) is 14.4 Å². The van der Waals surface area contributed by atoms with E-state index in [1.54, 1.807) is 49.4 Å². The third kappa shape index (κ3) is 3.88. The molecule has 1 aromatic heterocycles. The van der Waals surface area contributed by atoms with Crippen molar-refractivity contribution in [3.63, 3.8) is 0 Å². The normalized spacial score (nSPS) is 21.3. The van der Waals surface area contributed by atoms with E-state index in [0.717, 1.165) is 9.78 Å². The lowest BCUT2D eigenvalue weighted by Gasteiger charge is -2.29. The molecule has 0 aliphatic carbocycles. The lowest BCUT2D eigenvalue weighted by molar-refractivity contribution is -0.126.